The number of guanidine groups is 1. The van der Waals surface area contributed by atoms with E-state index in [1.165, 1.54) is 25.7 Å². The van der Waals surface area contributed by atoms with E-state index in [9.17, 15) is 4.21 Å². The van der Waals surface area contributed by atoms with E-state index >= 15 is 0 Å². The fraction of sp³-hybridized carbons (Fsp3) is 0.824. The van der Waals surface area contributed by atoms with E-state index in [-0.39, 0.29) is 4.75 Å². The molecule has 128 valence electrons. The van der Waals surface area contributed by atoms with Gasteiger partial charge in [0.15, 0.2) is 5.96 Å². The minimum atomic E-state index is -0.839. The summed E-state index contributed by atoms with van der Waals surface area (Å²) in [5, 5.41) is 6.63. The van der Waals surface area contributed by atoms with Crippen LogP contribution in [-0.2, 0) is 10.8 Å². The van der Waals surface area contributed by atoms with Crippen LogP contribution < -0.4 is 10.6 Å². The summed E-state index contributed by atoms with van der Waals surface area (Å²) < 4.78 is 11.9. The van der Waals surface area contributed by atoms with Gasteiger partial charge in [-0.25, -0.2) is 0 Å². The van der Waals surface area contributed by atoms with Crippen molar-refractivity contribution in [2.24, 2.45) is 4.99 Å². The highest BCUT2D eigenvalue weighted by Gasteiger charge is 2.18. The van der Waals surface area contributed by atoms with Gasteiger partial charge in [0.1, 0.15) is 0 Å². The van der Waals surface area contributed by atoms with Crippen molar-refractivity contribution < 1.29 is 4.21 Å². The summed E-state index contributed by atoms with van der Waals surface area (Å²) >= 11 is 0. The predicted molar refractivity (Wildman–Crippen MR) is 97.9 cm³/mol. The number of hydrogen-bond acceptors (Lipinski definition) is 2. The Labute approximate surface area is 138 Å². The first-order chi connectivity index (χ1) is 10.4. The molecule has 2 N–H and O–H groups in total. The molecule has 0 aromatic heterocycles. The summed E-state index contributed by atoms with van der Waals surface area (Å²) in [5.41, 5.74) is 1.57. The van der Waals surface area contributed by atoms with E-state index in [1.807, 2.05) is 20.8 Å². The first-order valence-corrected chi connectivity index (χ1v) is 9.84. The minimum absolute atomic E-state index is 0.158. The molecular weight excluding hydrogens is 294 g/mol. The Morgan fingerprint density at radius 1 is 1.32 bits per heavy atom. The molecule has 1 rings (SSSR count). The highest BCUT2D eigenvalue weighted by atomic mass is 32.2. The van der Waals surface area contributed by atoms with Crippen molar-refractivity contribution in [1.29, 1.82) is 0 Å². The van der Waals surface area contributed by atoms with Crippen molar-refractivity contribution in [1.82, 2.24) is 10.6 Å². The van der Waals surface area contributed by atoms with Crippen LogP contribution in [0.1, 0.15) is 59.8 Å². The monoisotopic (exact) mass is 327 g/mol. The molecule has 0 saturated carbocycles. The van der Waals surface area contributed by atoms with Crippen LogP contribution in [0.5, 0.6) is 0 Å². The van der Waals surface area contributed by atoms with Gasteiger partial charge >= 0.3 is 0 Å². The fourth-order valence-corrected chi connectivity index (χ4v) is 3.23. The zero-order chi connectivity index (χ0) is 16.4. The van der Waals surface area contributed by atoms with Gasteiger partial charge in [-0.1, -0.05) is 11.6 Å². The number of allylic oxidation sites excluding steroid dienone is 1. The number of rotatable bonds is 7. The molecule has 1 atom stereocenters. The molecule has 0 bridgehead atoms. The summed E-state index contributed by atoms with van der Waals surface area (Å²) in [6, 6.07) is 0. The summed E-state index contributed by atoms with van der Waals surface area (Å²) in [4.78, 5) is 4.53. The van der Waals surface area contributed by atoms with Crippen LogP contribution in [0.4, 0.5) is 0 Å². The van der Waals surface area contributed by atoms with E-state index in [1.54, 1.807) is 5.57 Å². The van der Waals surface area contributed by atoms with Gasteiger partial charge in [0.2, 0.25) is 0 Å². The summed E-state index contributed by atoms with van der Waals surface area (Å²) in [7, 11) is -0.839. The zero-order valence-electron chi connectivity index (χ0n) is 14.7. The molecule has 0 spiro atoms. The third-order valence-electron chi connectivity index (χ3n) is 3.70. The Hall–Kier alpha value is -0.840. The Morgan fingerprint density at radius 2 is 2.09 bits per heavy atom. The van der Waals surface area contributed by atoms with Crippen LogP contribution in [0.25, 0.3) is 0 Å². The van der Waals surface area contributed by atoms with Crippen molar-refractivity contribution in [3.05, 3.63) is 11.6 Å². The van der Waals surface area contributed by atoms with Gasteiger partial charge in [0.05, 0.1) is 6.54 Å². The average molecular weight is 328 g/mol. The highest BCUT2D eigenvalue weighted by Crippen LogP contribution is 2.19. The average Bonchev–Trinajstić information content (AvgIpc) is 2.47. The summed E-state index contributed by atoms with van der Waals surface area (Å²) in [5.74, 6) is 1.45. The maximum absolute atomic E-state index is 12.0. The second-order valence-electron chi connectivity index (χ2n) is 6.71. The van der Waals surface area contributed by atoms with Crippen molar-refractivity contribution in [3.63, 3.8) is 0 Å². The first-order valence-electron chi connectivity index (χ1n) is 8.52. The van der Waals surface area contributed by atoms with Gasteiger partial charge in [-0.3, -0.25) is 9.20 Å². The molecule has 0 fully saturated rings. The van der Waals surface area contributed by atoms with Gasteiger partial charge in [-0.05, 0) is 59.8 Å². The van der Waals surface area contributed by atoms with E-state index in [2.05, 4.69) is 28.6 Å². The zero-order valence-corrected chi connectivity index (χ0v) is 15.5. The van der Waals surface area contributed by atoms with Crippen LogP contribution in [0, 0.1) is 0 Å². The highest BCUT2D eigenvalue weighted by molar-refractivity contribution is 7.86. The molecule has 0 aliphatic heterocycles. The van der Waals surface area contributed by atoms with E-state index in [0.717, 1.165) is 25.5 Å². The molecule has 0 aromatic rings. The molecule has 0 amide bonds. The van der Waals surface area contributed by atoms with E-state index < -0.39 is 10.8 Å². The molecule has 0 heterocycles. The fourth-order valence-electron chi connectivity index (χ4n) is 2.36. The van der Waals surface area contributed by atoms with E-state index in [4.69, 9.17) is 0 Å². The number of nitrogens with zero attached hydrogens (tertiary/aromatic N) is 1. The lowest BCUT2D eigenvalue weighted by Crippen LogP contribution is -2.38. The standard InChI is InChI=1S/C17H33N3OS/c1-5-18-16(20-13-14-22(21)17(2,3)4)19-12-11-15-9-7-6-8-10-15/h9H,5-8,10-14H2,1-4H3,(H2,18,19,20). The number of hydrogen-bond donors (Lipinski definition) is 2. The largest absolute Gasteiger partial charge is 0.357 e. The van der Waals surface area contributed by atoms with Gasteiger partial charge in [0, 0.05) is 34.4 Å². The molecule has 4 nitrogen and oxygen atoms in total. The third kappa shape index (κ3) is 7.97. The second kappa shape index (κ2) is 10.0. The molecule has 1 aliphatic carbocycles. The van der Waals surface area contributed by atoms with Crippen molar-refractivity contribution in [2.75, 3.05) is 25.4 Å². The van der Waals surface area contributed by atoms with Crippen LogP contribution in [0.3, 0.4) is 0 Å². The van der Waals surface area contributed by atoms with Crippen LogP contribution in [0.2, 0.25) is 0 Å². The maximum atomic E-state index is 12.0. The topological polar surface area (TPSA) is 53.5 Å². The minimum Gasteiger partial charge on any atom is -0.357 e. The molecule has 0 radical (unpaired) electrons. The maximum Gasteiger partial charge on any atom is 0.191 e. The van der Waals surface area contributed by atoms with E-state index in [0.29, 0.717) is 12.3 Å². The lowest BCUT2D eigenvalue weighted by Gasteiger charge is -2.17. The van der Waals surface area contributed by atoms with Gasteiger partial charge in [0.25, 0.3) is 0 Å². The number of nitrogens with one attached hydrogen (secondary N) is 2. The Bertz CT molecular complexity index is 411. The molecule has 0 saturated heterocycles. The Balaban J connectivity index is 2.35. The smallest absolute Gasteiger partial charge is 0.191 e. The molecule has 5 heteroatoms. The molecule has 1 unspecified atom stereocenters. The summed E-state index contributed by atoms with van der Waals surface area (Å²) in [6.45, 7) is 10.4. The van der Waals surface area contributed by atoms with Crippen LogP contribution >= 0.6 is 0 Å². The third-order valence-corrected chi connectivity index (χ3v) is 5.62. The quantitative estimate of drug-likeness (QED) is 0.429. The van der Waals surface area contributed by atoms with Gasteiger partial charge < -0.3 is 10.6 Å². The molecular formula is C17H33N3OS. The van der Waals surface area contributed by atoms with Crippen LogP contribution in [0.15, 0.2) is 16.6 Å². The molecule has 1 aliphatic rings. The van der Waals surface area contributed by atoms with Gasteiger partial charge in [-0.15, -0.1) is 0 Å². The SMILES string of the molecule is CCNC(=NCCS(=O)C(C)(C)C)NCCC1=CCCCC1. The van der Waals surface area contributed by atoms with Crippen molar-refractivity contribution in [2.45, 2.75) is 64.5 Å². The normalized spacial score (nSPS) is 17.8. The summed E-state index contributed by atoms with van der Waals surface area (Å²) in [6.07, 6.45) is 8.65. The Kier molecular flexibility index (Phi) is 8.76. The second-order valence-corrected chi connectivity index (χ2v) is 9.03. The number of aliphatic imine (C=N–C) groups is 1. The Morgan fingerprint density at radius 3 is 2.68 bits per heavy atom. The molecule has 0 aromatic carbocycles. The van der Waals surface area contributed by atoms with Crippen molar-refractivity contribution >= 4 is 16.8 Å². The van der Waals surface area contributed by atoms with Crippen LogP contribution in [-0.4, -0.2) is 40.3 Å². The first kappa shape index (κ1) is 19.2. The van der Waals surface area contributed by atoms with Crippen molar-refractivity contribution in [3.8, 4) is 0 Å². The lowest BCUT2D eigenvalue weighted by molar-refractivity contribution is 0.648. The predicted octanol–water partition coefficient (Wildman–Crippen LogP) is 2.98. The lowest BCUT2D eigenvalue weighted by atomic mass is 9.97. The molecule has 22 heavy (non-hydrogen) atoms. The van der Waals surface area contributed by atoms with Gasteiger partial charge in [-0.2, -0.15) is 0 Å².